The Morgan fingerprint density at radius 3 is 2.88 bits per heavy atom. The Hall–Kier alpha value is -2.49. The van der Waals surface area contributed by atoms with Gasteiger partial charge >= 0.3 is 0 Å². The summed E-state index contributed by atoms with van der Waals surface area (Å²) in [5.74, 6) is 0.638. The number of allylic oxidation sites excluding steroid dienone is 1. The standard InChI is InChI=1S/C18H11BrN2O2S/c1-23-15-7-6-13(19)9-11(15)8-12(10-20)18-21-17(22)14-4-2-3-5-16(14)24-18/h2-9H,1H3/b12-8+. The van der Waals surface area contributed by atoms with E-state index in [0.717, 1.165) is 14.7 Å². The first-order chi connectivity index (χ1) is 11.6. The van der Waals surface area contributed by atoms with E-state index >= 15 is 0 Å². The summed E-state index contributed by atoms with van der Waals surface area (Å²) in [6.45, 7) is 0. The van der Waals surface area contributed by atoms with Crippen LogP contribution in [0.3, 0.4) is 0 Å². The molecule has 1 aromatic heterocycles. The number of nitrogens with zero attached hydrogens (tertiary/aromatic N) is 2. The van der Waals surface area contributed by atoms with Crippen molar-refractivity contribution >= 4 is 49.0 Å². The maximum absolute atomic E-state index is 12.2. The van der Waals surface area contributed by atoms with E-state index in [0.29, 0.717) is 21.7 Å². The highest BCUT2D eigenvalue weighted by Crippen LogP contribution is 2.29. The summed E-state index contributed by atoms with van der Waals surface area (Å²) in [5.41, 5.74) is 0.721. The molecule has 6 heteroatoms. The minimum atomic E-state index is -0.332. The zero-order valence-electron chi connectivity index (χ0n) is 12.6. The van der Waals surface area contributed by atoms with E-state index in [1.54, 1.807) is 31.4 Å². The third kappa shape index (κ3) is 3.23. The zero-order valence-corrected chi connectivity index (χ0v) is 15.0. The van der Waals surface area contributed by atoms with Gasteiger partial charge in [0.05, 0.1) is 18.1 Å². The lowest BCUT2D eigenvalue weighted by Gasteiger charge is -2.06. The van der Waals surface area contributed by atoms with Crippen molar-refractivity contribution in [1.29, 1.82) is 5.26 Å². The predicted octanol–water partition coefficient (Wildman–Crippen LogP) is 4.49. The van der Waals surface area contributed by atoms with Crippen LogP contribution in [0.15, 0.2) is 51.7 Å². The number of methoxy groups -OCH3 is 1. The second-order valence-corrected chi connectivity index (χ2v) is 6.82. The molecular formula is C18H11BrN2O2S. The highest BCUT2D eigenvalue weighted by atomic mass is 79.9. The van der Waals surface area contributed by atoms with E-state index in [-0.39, 0.29) is 5.56 Å². The molecule has 0 saturated heterocycles. The first-order valence-electron chi connectivity index (χ1n) is 6.98. The number of hydrogen-bond donors (Lipinski definition) is 0. The number of rotatable bonds is 3. The summed E-state index contributed by atoms with van der Waals surface area (Å²) in [7, 11) is 1.57. The van der Waals surface area contributed by atoms with Crippen LogP contribution in [-0.4, -0.2) is 12.1 Å². The molecule has 3 rings (SSSR count). The molecule has 0 aliphatic heterocycles. The molecule has 2 aromatic carbocycles. The Labute approximate surface area is 150 Å². The van der Waals surface area contributed by atoms with E-state index in [9.17, 15) is 10.1 Å². The van der Waals surface area contributed by atoms with Gasteiger partial charge < -0.3 is 4.74 Å². The van der Waals surface area contributed by atoms with Crippen molar-refractivity contribution < 1.29 is 4.74 Å². The topological polar surface area (TPSA) is 63.0 Å². The minimum Gasteiger partial charge on any atom is -0.496 e. The summed E-state index contributed by atoms with van der Waals surface area (Å²) >= 11 is 4.72. The molecule has 0 radical (unpaired) electrons. The lowest BCUT2D eigenvalue weighted by molar-refractivity contribution is 0.414. The number of benzene rings is 2. The molecule has 0 fully saturated rings. The number of aromatic nitrogens is 1. The summed E-state index contributed by atoms with van der Waals surface area (Å²) in [4.78, 5) is 16.2. The second kappa shape index (κ2) is 6.95. The van der Waals surface area contributed by atoms with Crippen LogP contribution in [-0.2, 0) is 0 Å². The van der Waals surface area contributed by atoms with Crippen LogP contribution in [0, 0.1) is 11.3 Å². The van der Waals surface area contributed by atoms with Gasteiger partial charge in [-0.2, -0.15) is 10.2 Å². The maximum atomic E-state index is 12.2. The van der Waals surface area contributed by atoms with E-state index in [4.69, 9.17) is 4.74 Å². The summed E-state index contributed by atoms with van der Waals surface area (Å²) in [6.07, 6.45) is 1.68. The van der Waals surface area contributed by atoms with Gasteiger partial charge in [0.2, 0.25) is 0 Å². The fourth-order valence-corrected chi connectivity index (χ4v) is 3.58. The van der Waals surface area contributed by atoms with Crippen LogP contribution in [0.25, 0.3) is 21.7 Å². The molecule has 0 N–H and O–H groups in total. The van der Waals surface area contributed by atoms with Gasteiger partial charge in [-0.1, -0.05) is 28.1 Å². The van der Waals surface area contributed by atoms with Gasteiger partial charge in [-0.15, -0.1) is 11.3 Å². The number of nitriles is 1. The molecule has 24 heavy (non-hydrogen) atoms. The molecule has 0 aliphatic rings. The number of ether oxygens (including phenoxy) is 1. The van der Waals surface area contributed by atoms with Crippen LogP contribution < -0.4 is 10.3 Å². The zero-order chi connectivity index (χ0) is 17.1. The van der Waals surface area contributed by atoms with Crippen molar-refractivity contribution in [1.82, 2.24) is 4.98 Å². The fourth-order valence-electron chi connectivity index (χ4n) is 2.24. The average molecular weight is 399 g/mol. The van der Waals surface area contributed by atoms with Crippen LogP contribution in [0.2, 0.25) is 0 Å². The lowest BCUT2D eigenvalue weighted by atomic mass is 10.1. The van der Waals surface area contributed by atoms with Crippen molar-refractivity contribution in [3.05, 3.63) is 67.9 Å². The van der Waals surface area contributed by atoms with Gasteiger partial charge in [0.25, 0.3) is 5.56 Å². The highest BCUT2D eigenvalue weighted by Gasteiger charge is 2.10. The van der Waals surface area contributed by atoms with Crippen molar-refractivity contribution in [3.63, 3.8) is 0 Å². The third-order valence-electron chi connectivity index (χ3n) is 3.37. The Balaban J connectivity index is 2.18. The summed E-state index contributed by atoms with van der Waals surface area (Å²) in [5, 5.41) is 10.5. The number of fused-ring (bicyclic) bond motifs is 1. The monoisotopic (exact) mass is 398 g/mol. The third-order valence-corrected chi connectivity index (χ3v) is 4.94. The van der Waals surface area contributed by atoms with Crippen LogP contribution in [0.4, 0.5) is 0 Å². The van der Waals surface area contributed by atoms with E-state index < -0.39 is 0 Å². The smallest absolute Gasteiger partial charge is 0.279 e. The van der Waals surface area contributed by atoms with Crippen molar-refractivity contribution in [2.75, 3.05) is 7.11 Å². The Bertz CT molecular complexity index is 1050. The lowest BCUT2D eigenvalue weighted by Crippen LogP contribution is -2.07. The van der Waals surface area contributed by atoms with Gasteiger partial charge in [0, 0.05) is 14.7 Å². The molecule has 118 valence electrons. The molecule has 0 bridgehead atoms. The number of hydrogen-bond acceptors (Lipinski definition) is 5. The summed E-state index contributed by atoms with van der Waals surface area (Å²) < 4.78 is 6.99. The van der Waals surface area contributed by atoms with Crippen LogP contribution >= 0.6 is 27.3 Å². The van der Waals surface area contributed by atoms with Crippen molar-refractivity contribution in [2.45, 2.75) is 0 Å². The van der Waals surface area contributed by atoms with Crippen LogP contribution in [0.5, 0.6) is 5.75 Å². The Morgan fingerprint density at radius 2 is 2.12 bits per heavy atom. The van der Waals surface area contributed by atoms with Gasteiger partial charge in [0.15, 0.2) is 0 Å². The first kappa shape index (κ1) is 16.4. The Kier molecular flexibility index (Phi) is 4.74. The maximum Gasteiger partial charge on any atom is 0.279 e. The predicted molar refractivity (Wildman–Crippen MR) is 100 cm³/mol. The van der Waals surface area contributed by atoms with Crippen molar-refractivity contribution in [3.8, 4) is 11.8 Å². The van der Waals surface area contributed by atoms with Gasteiger partial charge in [-0.25, -0.2) is 0 Å². The quantitative estimate of drug-likeness (QED) is 0.609. The molecule has 0 amide bonds. The van der Waals surface area contributed by atoms with Crippen molar-refractivity contribution in [2.24, 2.45) is 0 Å². The van der Waals surface area contributed by atoms with Crippen LogP contribution in [0.1, 0.15) is 10.6 Å². The second-order valence-electron chi connectivity index (χ2n) is 4.88. The van der Waals surface area contributed by atoms with Gasteiger partial charge in [0.1, 0.15) is 16.8 Å². The normalized spacial score (nSPS) is 11.3. The molecule has 0 atom stereocenters. The fraction of sp³-hybridized carbons (Fsp3) is 0.0556. The Morgan fingerprint density at radius 1 is 1.33 bits per heavy atom. The van der Waals surface area contributed by atoms with E-state index in [2.05, 4.69) is 27.0 Å². The van der Waals surface area contributed by atoms with E-state index in [1.807, 2.05) is 24.3 Å². The SMILES string of the molecule is COc1ccc(Br)cc1/C=C(\C#N)c1nc(=O)c2ccccc2s1. The van der Waals surface area contributed by atoms with Gasteiger partial charge in [-0.3, -0.25) is 4.79 Å². The molecule has 3 aromatic rings. The molecule has 0 aliphatic carbocycles. The van der Waals surface area contributed by atoms with E-state index in [1.165, 1.54) is 11.3 Å². The largest absolute Gasteiger partial charge is 0.496 e. The molecule has 1 heterocycles. The molecule has 0 saturated carbocycles. The minimum absolute atomic E-state index is 0.319. The van der Waals surface area contributed by atoms with Gasteiger partial charge in [-0.05, 0) is 36.4 Å². The average Bonchev–Trinajstić information content (AvgIpc) is 2.59. The first-order valence-corrected chi connectivity index (χ1v) is 8.59. The summed E-state index contributed by atoms with van der Waals surface area (Å²) in [6, 6.07) is 14.9. The molecule has 4 nitrogen and oxygen atoms in total. The molecule has 0 unspecified atom stereocenters. The molecule has 0 spiro atoms. The highest BCUT2D eigenvalue weighted by molar-refractivity contribution is 9.10. The number of halogens is 1. The molecular weight excluding hydrogens is 388 g/mol.